The van der Waals surface area contributed by atoms with E-state index in [1.807, 2.05) is 0 Å². The van der Waals surface area contributed by atoms with Gasteiger partial charge in [0.1, 0.15) is 6.10 Å². The Labute approximate surface area is 78.3 Å². The molecule has 0 aromatic heterocycles. The Hall–Kier alpha value is -0.690. The van der Waals surface area contributed by atoms with Gasteiger partial charge in [0.2, 0.25) is 0 Å². The monoisotopic (exact) mass is 195 g/mol. The van der Waals surface area contributed by atoms with E-state index < -0.39 is 42.7 Å². The van der Waals surface area contributed by atoms with Crippen LogP contribution in [0.5, 0.6) is 0 Å². The third-order valence-corrected chi connectivity index (χ3v) is 1.84. The van der Waals surface area contributed by atoms with Crippen LogP contribution >= 0.6 is 0 Å². The molecule has 1 fully saturated rings. The second kappa shape index (κ2) is 3.22. The van der Waals surface area contributed by atoms with E-state index >= 15 is 0 Å². The number of aliphatic carboxylic acids is 1. The molecule has 0 aromatic carbocycles. The summed E-state index contributed by atoms with van der Waals surface area (Å²) in [5.74, 6) is -2.02. The fourth-order valence-corrected chi connectivity index (χ4v) is 1.07. The summed E-state index contributed by atoms with van der Waals surface area (Å²) < 4.78 is 21.7. The van der Waals surface area contributed by atoms with Gasteiger partial charge in [-0.2, -0.15) is 0 Å². The molecule has 1 aliphatic rings. The quantitative estimate of drug-likeness (QED) is 0.320. The molecule has 0 heterocycles. The van der Waals surface area contributed by atoms with Crippen LogP contribution in [0.25, 0.3) is 0 Å². The molecule has 5 N–H and O–H groups in total. The first-order chi connectivity index (χ1) is 6.98. The molecule has 1 rings (SSSR count). The van der Waals surface area contributed by atoms with E-state index in [1.165, 1.54) is 0 Å². The predicted molar refractivity (Wildman–Crippen MR) is 39.8 cm³/mol. The molecule has 76 valence electrons. The summed E-state index contributed by atoms with van der Waals surface area (Å²) in [6.45, 7) is 0. The van der Waals surface area contributed by atoms with Crippen LogP contribution in [0.2, 0.25) is 0 Å². The third kappa shape index (κ3) is 1.80. The van der Waals surface area contributed by atoms with Gasteiger partial charge in [-0.15, -0.1) is 0 Å². The Morgan fingerprint density at radius 3 is 2.54 bits per heavy atom. The predicted octanol–water partition coefficient (Wildman–Crippen LogP) is -2.32. The number of aliphatic hydroxyl groups is 4. The minimum Gasteiger partial charge on any atom is -0.479 e. The van der Waals surface area contributed by atoms with Crippen LogP contribution in [0.15, 0.2) is 0 Å². The Bertz CT molecular complexity index is 319. The van der Waals surface area contributed by atoms with Gasteiger partial charge in [-0.25, -0.2) is 4.79 Å². The van der Waals surface area contributed by atoms with Gasteiger partial charge in [0.05, 0.1) is 13.6 Å². The maximum absolute atomic E-state index is 10.8. The van der Waals surface area contributed by atoms with Crippen molar-refractivity contribution in [3.63, 3.8) is 0 Å². The Balaban J connectivity index is 3.31. The molecule has 1 saturated carbocycles. The molecule has 4 atom stereocenters. The van der Waals surface area contributed by atoms with Gasteiger partial charge >= 0.3 is 5.97 Å². The highest BCUT2D eigenvalue weighted by Crippen LogP contribution is 2.29. The fourth-order valence-electron chi connectivity index (χ4n) is 1.07. The molecule has 0 aromatic rings. The molecule has 0 saturated heterocycles. The smallest absolute Gasteiger partial charge is 0.335 e. The van der Waals surface area contributed by atoms with Crippen molar-refractivity contribution in [2.24, 2.45) is 0 Å². The summed E-state index contributed by atoms with van der Waals surface area (Å²) in [4.78, 5) is 10.8. The molecule has 0 spiro atoms. The van der Waals surface area contributed by atoms with Crippen molar-refractivity contribution >= 4 is 5.97 Å². The van der Waals surface area contributed by atoms with E-state index in [1.54, 1.807) is 0 Å². The van der Waals surface area contributed by atoms with Crippen LogP contribution < -0.4 is 0 Å². The van der Waals surface area contributed by atoms with Crippen molar-refractivity contribution in [3.8, 4) is 0 Å². The van der Waals surface area contributed by atoms with Gasteiger partial charge in [0, 0.05) is 15.5 Å². The molecule has 0 bridgehead atoms. The van der Waals surface area contributed by atoms with Crippen LogP contribution in [0.3, 0.4) is 0 Å². The zero-order valence-electron chi connectivity index (χ0n) is 9.51. The summed E-state index contributed by atoms with van der Waals surface area (Å²) >= 11 is 0. The van der Waals surface area contributed by atoms with Crippen LogP contribution in [0.4, 0.5) is 0 Å². The lowest BCUT2D eigenvalue weighted by molar-refractivity contribution is -0.187. The minimum absolute atomic E-state index is 1.02. The van der Waals surface area contributed by atoms with Crippen LogP contribution in [-0.2, 0) is 4.79 Å². The normalized spacial score (nSPS) is 58.9. The van der Waals surface area contributed by atoms with E-state index in [9.17, 15) is 25.2 Å². The van der Waals surface area contributed by atoms with E-state index in [2.05, 4.69) is 0 Å². The first-order valence-corrected chi connectivity index (χ1v) is 3.53. The molecule has 4 unspecified atom stereocenters. The Kier molecular flexibility index (Phi) is 1.67. The summed E-state index contributed by atoms with van der Waals surface area (Å²) in [6, 6.07) is 0. The number of rotatable bonds is 1. The van der Waals surface area contributed by atoms with Crippen LogP contribution in [0, 0.1) is 0 Å². The zero-order valence-corrected chi connectivity index (χ0v) is 6.51. The second-order valence-corrected chi connectivity index (χ2v) is 2.89. The molecule has 6 nitrogen and oxygen atoms in total. The third-order valence-electron chi connectivity index (χ3n) is 1.84. The number of hydrogen-bond acceptors (Lipinski definition) is 5. The molecule has 0 radical (unpaired) electrons. The van der Waals surface area contributed by atoms with Gasteiger partial charge in [-0.05, 0) is 0 Å². The van der Waals surface area contributed by atoms with Crippen LogP contribution in [-0.4, -0.2) is 55.4 Å². The lowest BCUT2D eigenvalue weighted by Crippen LogP contribution is -2.56. The van der Waals surface area contributed by atoms with Crippen LogP contribution in [0.1, 0.15) is 16.9 Å². The summed E-state index contributed by atoms with van der Waals surface area (Å²) in [6.07, 6.45) is -11.8. The minimum atomic E-state index is -3.33. The molecule has 13 heavy (non-hydrogen) atoms. The maximum Gasteiger partial charge on any atom is 0.335 e. The van der Waals surface area contributed by atoms with E-state index in [4.69, 9.17) is 9.22 Å². The highest BCUT2D eigenvalue weighted by molar-refractivity contribution is 5.77. The molecule has 0 aliphatic heterocycles. The van der Waals surface area contributed by atoms with Crippen molar-refractivity contribution in [1.29, 1.82) is 0 Å². The number of carboxylic acid groups (broad SMARTS) is 1. The standard InChI is InChI=1S/C7H12O6/c8-3-1-7(13,6(11)12)2-4(9)5(3)10/h3-5,8-10,13H,1-2H2,(H,11,12)/i1D2,3D. The van der Waals surface area contributed by atoms with E-state index in [0.717, 1.165) is 0 Å². The Morgan fingerprint density at radius 2 is 2.08 bits per heavy atom. The average Bonchev–Trinajstić information content (AvgIpc) is 2.13. The molecular formula is C7H12O6. The van der Waals surface area contributed by atoms with Crippen molar-refractivity contribution in [2.75, 3.05) is 0 Å². The molecule has 0 amide bonds. The largest absolute Gasteiger partial charge is 0.479 e. The second-order valence-electron chi connectivity index (χ2n) is 2.89. The van der Waals surface area contributed by atoms with Crippen molar-refractivity contribution < 1.29 is 34.4 Å². The van der Waals surface area contributed by atoms with Crippen molar-refractivity contribution in [2.45, 2.75) is 36.7 Å². The average molecular weight is 195 g/mol. The lowest BCUT2D eigenvalue weighted by Gasteiger charge is -2.37. The topological polar surface area (TPSA) is 118 Å². The first kappa shape index (κ1) is 6.72. The van der Waals surface area contributed by atoms with Gasteiger partial charge in [-0.1, -0.05) is 0 Å². The highest BCUT2D eigenvalue weighted by atomic mass is 16.4. The summed E-state index contributed by atoms with van der Waals surface area (Å²) in [5.41, 5.74) is -3.14. The van der Waals surface area contributed by atoms with Gasteiger partial charge < -0.3 is 25.5 Å². The van der Waals surface area contributed by atoms with E-state index in [0.29, 0.717) is 0 Å². The highest BCUT2D eigenvalue weighted by Gasteiger charge is 2.48. The fraction of sp³-hybridized carbons (Fsp3) is 0.857. The molecule has 6 heteroatoms. The van der Waals surface area contributed by atoms with Gasteiger partial charge in [-0.3, -0.25) is 0 Å². The zero-order chi connectivity index (χ0) is 12.9. The SMILES string of the molecule is [2H]C1(O)C(O)C(O)CC(O)(C(=O)O)C1([2H])[2H]. The first-order valence-electron chi connectivity index (χ1n) is 5.03. The maximum atomic E-state index is 10.8. The number of carbonyl (C=O) groups is 1. The van der Waals surface area contributed by atoms with Gasteiger partial charge in [0.25, 0.3) is 0 Å². The molecular weight excluding hydrogens is 180 g/mol. The Morgan fingerprint density at radius 1 is 1.54 bits per heavy atom. The van der Waals surface area contributed by atoms with E-state index in [-0.39, 0.29) is 0 Å². The number of carboxylic acids is 1. The summed E-state index contributed by atoms with van der Waals surface area (Å²) in [7, 11) is 0. The van der Waals surface area contributed by atoms with Gasteiger partial charge in [0.15, 0.2) is 5.60 Å². The number of aliphatic hydroxyl groups excluding tert-OH is 2. The number of hydrogen-bond donors (Lipinski definition) is 5. The summed E-state index contributed by atoms with van der Waals surface area (Å²) in [5, 5.41) is 46.1. The van der Waals surface area contributed by atoms with Crippen molar-refractivity contribution in [3.05, 3.63) is 0 Å². The molecule has 1 aliphatic carbocycles. The lowest BCUT2D eigenvalue weighted by atomic mass is 9.80. The van der Waals surface area contributed by atoms with Crippen molar-refractivity contribution in [1.82, 2.24) is 0 Å².